The van der Waals surface area contributed by atoms with Gasteiger partial charge < -0.3 is 15.7 Å². The Labute approximate surface area is 147 Å². The molecule has 2 aromatic rings. The zero-order valence-corrected chi connectivity index (χ0v) is 14.0. The van der Waals surface area contributed by atoms with Crippen LogP contribution in [0.4, 0.5) is 11.4 Å². The minimum atomic E-state index is -1.04. The highest BCUT2D eigenvalue weighted by atomic mass is 16.4. The second kappa shape index (κ2) is 7.83. The summed E-state index contributed by atoms with van der Waals surface area (Å²) in [5.41, 5.74) is 1.82. The molecule has 1 aliphatic carbocycles. The molecule has 0 heterocycles. The Bertz CT molecular complexity index is 753. The number of carboxylic acid groups (broad SMARTS) is 1. The van der Waals surface area contributed by atoms with Crippen LogP contribution in [0.1, 0.15) is 52.8 Å². The van der Waals surface area contributed by atoms with E-state index in [9.17, 15) is 14.7 Å². The van der Waals surface area contributed by atoms with Crippen molar-refractivity contribution >= 4 is 23.3 Å². The second-order valence-electron chi connectivity index (χ2n) is 6.36. The molecule has 1 saturated carbocycles. The molecule has 1 amide bonds. The Kier molecular flexibility index (Phi) is 5.33. The lowest BCUT2D eigenvalue weighted by Crippen LogP contribution is -2.24. The number of nitrogens with one attached hydrogen (secondary N) is 2. The largest absolute Gasteiger partial charge is 0.478 e. The summed E-state index contributed by atoms with van der Waals surface area (Å²) in [5, 5.41) is 15.5. The Balaban J connectivity index is 1.86. The summed E-state index contributed by atoms with van der Waals surface area (Å²) >= 11 is 0. The number of anilines is 2. The van der Waals surface area contributed by atoms with Gasteiger partial charge in [-0.15, -0.1) is 0 Å². The van der Waals surface area contributed by atoms with Crippen molar-refractivity contribution < 1.29 is 14.7 Å². The maximum Gasteiger partial charge on any atom is 0.335 e. The number of carbonyl (C=O) groups is 2. The molecule has 1 aliphatic rings. The molecule has 0 spiro atoms. The molecule has 0 atom stereocenters. The van der Waals surface area contributed by atoms with Crippen LogP contribution in [0.15, 0.2) is 48.5 Å². The van der Waals surface area contributed by atoms with Crippen molar-refractivity contribution in [1.82, 2.24) is 0 Å². The van der Waals surface area contributed by atoms with Gasteiger partial charge in [-0.2, -0.15) is 0 Å². The van der Waals surface area contributed by atoms with E-state index in [0.717, 1.165) is 12.8 Å². The van der Waals surface area contributed by atoms with Gasteiger partial charge in [-0.05, 0) is 43.2 Å². The van der Waals surface area contributed by atoms with Crippen LogP contribution in [-0.2, 0) is 0 Å². The number of amides is 1. The van der Waals surface area contributed by atoms with Crippen molar-refractivity contribution in [2.75, 3.05) is 10.6 Å². The van der Waals surface area contributed by atoms with Crippen LogP contribution in [0.2, 0.25) is 0 Å². The van der Waals surface area contributed by atoms with Crippen LogP contribution in [0.3, 0.4) is 0 Å². The van der Waals surface area contributed by atoms with Crippen LogP contribution >= 0.6 is 0 Å². The molecule has 0 aromatic heterocycles. The SMILES string of the molecule is O=C(O)c1ccc(NC2CCCCC2)c(C(=O)Nc2ccccc2)c1. The molecule has 130 valence electrons. The van der Waals surface area contributed by atoms with Gasteiger partial charge in [0.2, 0.25) is 0 Å². The molecule has 2 aromatic carbocycles. The third kappa shape index (κ3) is 4.38. The molecule has 3 N–H and O–H groups in total. The molecule has 0 bridgehead atoms. The van der Waals surface area contributed by atoms with E-state index in [-0.39, 0.29) is 11.5 Å². The van der Waals surface area contributed by atoms with Crippen LogP contribution < -0.4 is 10.6 Å². The number of hydrogen-bond acceptors (Lipinski definition) is 3. The highest BCUT2D eigenvalue weighted by Crippen LogP contribution is 2.25. The van der Waals surface area contributed by atoms with E-state index in [2.05, 4.69) is 10.6 Å². The Hall–Kier alpha value is -2.82. The van der Waals surface area contributed by atoms with Crippen molar-refractivity contribution in [3.63, 3.8) is 0 Å². The zero-order chi connectivity index (χ0) is 17.6. The lowest BCUT2D eigenvalue weighted by Gasteiger charge is -2.25. The average Bonchev–Trinajstić information content (AvgIpc) is 2.63. The monoisotopic (exact) mass is 338 g/mol. The molecule has 5 nitrogen and oxygen atoms in total. The number of hydrogen-bond donors (Lipinski definition) is 3. The number of aromatic carboxylic acids is 1. The van der Waals surface area contributed by atoms with Gasteiger partial charge in [-0.3, -0.25) is 4.79 Å². The Morgan fingerprint density at radius 3 is 2.36 bits per heavy atom. The minimum absolute atomic E-state index is 0.104. The van der Waals surface area contributed by atoms with E-state index in [4.69, 9.17) is 0 Å². The van der Waals surface area contributed by atoms with Gasteiger partial charge in [0.25, 0.3) is 5.91 Å². The zero-order valence-electron chi connectivity index (χ0n) is 14.0. The summed E-state index contributed by atoms with van der Waals surface area (Å²) in [5.74, 6) is -1.36. The van der Waals surface area contributed by atoms with E-state index in [1.807, 2.05) is 18.2 Å². The summed E-state index contributed by atoms with van der Waals surface area (Å²) in [6, 6.07) is 14.1. The highest BCUT2D eigenvalue weighted by Gasteiger charge is 2.19. The number of para-hydroxylation sites is 1. The third-order valence-electron chi connectivity index (χ3n) is 4.51. The Morgan fingerprint density at radius 2 is 1.68 bits per heavy atom. The van der Waals surface area contributed by atoms with Gasteiger partial charge in [0, 0.05) is 17.4 Å². The van der Waals surface area contributed by atoms with Crippen LogP contribution in [-0.4, -0.2) is 23.0 Å². The van der Waals surface area contributed by atoms with E-state index in [0.29, 0.717) is 23.0 Å². The van der Waals surface area contributed by atoms with Crippen molar-refractivity contribution in [3.8, 4) is 0 Å². The molecule has 0 radical (unpaired) electrons. The summed E-state index contributed by atoms with van der Waals surface area (Å²) in [6.07, 6.45) is 5.74. The van der Waals surface area contributed by atoms with E-state index < -0.39 is 5.97 Å². The molecule has 25 heavy (non-hydrogen) atoms. The fourth-order valence-electron chi connectivity index (χ4n) is 3.18. The normalized spacial score (nSPS) is 14.7. The fourth-order valence-corrected chi connectivity index (χ4v) is 3.18. The highest BCUT2D eigenvalue weighted by molar-refractivity contribution is 6.09. The van der Waals surface area contributed by atoms with Crippen LogP contribution in [0.25, 0.3) is 0 Å². The number of carbonyl (C=O) groups excluding carboxylic acids is 1. The fraction of sp³-hybridized carbons (Fsp3) is 0.300. The summed E-state index contributed by atoms with van der Waals surface area (Å²) in [4.78, 5) is 24.0. The smallest absolute Gasteiger partial charge is 0.335 e. The minimum Gasteiger partial charge on any atom is -0.478 e. The molecule has 5 heteroatoms. The maximum atomic E-state index is 12.7. The van der Waals surface area contributed by atoms with Gasteiger partial charge in [0.05, 0.1) is 11.1 Å². The lowest BCUT2D eigenvalue weighted by atomic mass is 9.95. The summed E-state index contributed by atoms with van der Waals surface area (Å²) in [7, 11) is 0. The average molecular weight is 338 g/mol. The van der Waals surface area contributed by atoms with Crippen LogP contribution in [0, 0.1) is 0 Å². The maximum absolute atomic E-state index is 12.7. The van der Waals surface area contributed by atoms with Crippen molar-refractivity contribution in [1.29, 1.82) is 0 Å². The third-order valence-corrected chi connectivity index (χ3v) is 4.51. The summed E-state index contributed by atoms with van der Waals surface area (Å²) in [6.45, 7) is 0. The van der Waals surface area contributed by atoms with Crippen molar-refractivity contribution in [2.24, 2.45) is 0 Å². The topological polar surface area (TPSA) is 78.4 Å². The van der Waals surface area contributed by atoms with Crippen LogP contribution in [0.5, 0.6) is 0 Å². The quantitative estimate of drug-likeness (QED) is 0.756. The molecular weight excluding hydrogens is 316 g/mol. The molecule has 0 unspecified atom stereocenters. The van der Waals surface area contributed by atoms with Crippen molar-refractivity contribution in [3.05, 3.63) is 59.7 Å². The number of benzene rings is 2. The molecular formula is C20H22N2O3. The first-order chi connectivity index (χ1) is 12.1. The predicted octanol–water partition coefficient (Wildman–Crippen LogP) is 4.38. The Morgan fingerprint density at radius 1 is 0.960 bits per heavy atom. The number of rotatable bonds is 5. The van der Waals surface area contributed by atoms with Gasteiger partial charge in [-0.25, -0.2) is 4.79 Å². The lowest BCUT2D eigenvalue weighted by molar-refractivity contribution is 0.0697. The molecule has 0 saturated heterocycles. The first-order valence-corrected chi connectivity index (χ1v) is 8.64. The number of carboxylic acids is 1. The van der Waals surface area contributed by atoms with Gasteiger partial charge in [-0.1, -0.05) is 37.5 Å². The van der Waals surface area contributed by atoms with E-state index in [1.165, 1.54) is 31.4 Å². The van der Waals surface area contributed by atoms with Gasteiger partial charge in [0.1, 0.15) is 0 Å². The molecule has 1 fully saturated rings. The van der Waals surface area contributed by atoms with E-state index >= 15 is 0 Å². The van der Waals surface area contributed by atoms with Gasteiger partial charge >= 0.3 is 5.97 Å². The summed E-state index contributed by atoms with van der Waals surface area (Å²) < 4.78 is 0. The van der Waals surface area contributed by atoms with Crippen molar-refractivity contribution in [2.45, 2.75) is 38.1 Å². The standard InChI is InChI=1S/C20H22N2O3/c23-19(22-16-9-5-2-6-10-16)17-13-14(20(24)25)11-12-18(17)21-15-7-3-1-4-8-15/h2,5-6,9-13,15,21H,1,3-4,7-8H2,(H,22,23)(H,24,25). The predicted molar refractivity (Wildman–Crippen MR) is 98.3 cm³/mol. The first kappa shape index (κ1) is 17.0. The van der Waals surface area contributed by atoms with E-state index in [1.54, 1.807) is 18.2 Å². The van der Waals surface area contributed by atoms with Gasteiger partial charge in [0.15, 0.2) is 0 Å². The molecule has 0 aliphatic heterocycles. The molecule has 3 rings (SSSR count). The first-order valence-electron chi connectivity index (χ1n) is 8.64. The second-order valence-corrected chi connectivity index (χ2v) is 6.36.